The number of imide groups is 1. The van der Waals surface area contributed by atoms with Gasteiger partial charge in [-0.3, -0.25) is 10.1 Å². The monoisotopic (exact) mass is 372 g/mol. The number of carbonyl (C=O) groups excluding carboxylic acids is 3. The van der Waals surface area contributed by atoms with Crippen LogP contribution >= 0.6 is 0 Å². The van der Waals surface area contributed by atoms with Gasteiger partial charge < -0.3 is 19.9 Å². The molecule has 0 heterocycles. The van der Waals surface area contributed by atoms with Crippen LogP contribution in [0.3, 0.4) is 0 Å². The van der Waals surface area contributed by atoms with Gasteiger partial charge in [0.15, 0.2) is 6.10 Å². The van der Waals surface area contributed by atoms with Crippen molar-refractivity contribution in [1.82, 2.24) is 5.32 Å². The van der Waals surface area contributed by atoms with Crippen LogP contribution < -0.4 is 20.5 Å². The molecule has 142 valence electrons. The van der Waals surface area contributed by atoms with E-state index in [0.29, 0.717) is 11.5 Å². The molecule has 0 aromatic heterocycles. The van der Waals surface area contributed by atoms with E-state index in [9.17, 15) is 14.4 Å². The molecule has 0 unspecified atom stereocenters. The summed E-state index contributed by atoms with van der Waals surface area (Å²) in [6.45, 7) is 1.81. The van der Waals surface area contributed by atoms with Crippen molar-refractivity contribution in [2.45, 2.75) is 13.0 Å². The average molecular weight is 372 g/mol. The number of primary amides is 1. The van der Waals surface area contributed by atoms with Crippen molar-refractivity contribution < 1.29 is 28.6 Å². The molecule has 0 spiro atoms. The van der Waals surface area contributed by atoms with Gasteiger partial charge in [-0.25, -0.2) is 9.59 Å². The van der Waals surface area contributed by atoms with Crippen LogP contribution in [-0.2, 0) is 9.53 Å². The Morgan fingerprint density at radius 1 is 0.963 bits per heavy atom. The molecule has 3 N–H and O–H groups in total. The van der Waals surface area contributed by atoms with Crippen LogP contribution in [0, 0.1) is 0 Å². The third-order valence-electron chi connectivity index (χ3n) is 3.36. The topological polar surface area (TPSA) is 117 Å². The number of benzene rings is 2. The number of rotatable bonds is 8. The van der Waals surface area contributed by atoms with Crippen molar-refractivity contribution in [3.8, 4) is 11.5 Å². The molecule has 2 rings (SSSR count). The van der Waals surface area contributed by atoms with Crippen LogP contribution in [0.5, 0.6) is 11.5 Å². The molecule has 0 saturated carbocycles. The molecule has 8 heteroatoms. The Morgan fingerprint density at radius 2 is 1.59 bits per heavy atom. The molecule has 2 aromatic rings. The van der Waals surface area contributed by atoms with E-state index in [4.69, 9.17) is 19.9 Å². The second-order valence-electron chi connectivity index (χ2n) is 5.41. The maximum Gasteiger partial charge on any atom is 0.342 e. The van der Waals surface area contributed by atoms with Crippen molar-refractivity contribution in [2.24, 2.45) is 5.73 Å². The first kappa shape index (κ1) is 19.8. The first-order valence-electron chi connectivity index (χ1n) is 8.18. The van der Waals surface area contributed by atoms with Gasteiger partial charge in [0, 0.05) is 0 Å². The van der Waals surface area contributed by atoms with Crippen LogP contribution in [-0.4, -0.2) is 37.2 Å². The first-order valence-corrected chi connectivity index (χ1v) is 8.18. The zero-order valence-corrected chi connectivity index (χ0v) is 14.7. The van der Waals surface area contributed by atoms with Crippen LogP contribution in [0.25, 0.3) is 0 Å². The van der Waals surface area contributed by atoms with Crippen molar-refractivity contribution in [2.75, 3.05) is 13.2 Å². The third-order valence-corrected chi connectivity index (χ3v) is 3.36. The summed E-state index contributed by atoms with van der Waals surface area (Å²) in [5.41, 5.74) is 5.01. The van der Waals surface area contributed by atoms with Gasteiger partial charge >= 0.3 is 12.0 Å². The van der Waals surface area contributed by atoms with Gasteiger partial charge in [-0.2, -0.15) is 0 Å². The highest BCUT2D eigenvalue weighted by atomic mass is 16.6. The number of esters is 1. The van der Waals surface area contributed by atoms with Crippen LogP contribution in [0.1, 0.15) is 17.3 Å². The van der Waals surface area contributed by atoms with E-state index in [1.165, 1.54) is 13.0 Å². The Labute approximate surface area is 156 Å². The Morgan fingerprint density at radius 3 is 2.30 bits per heavy atom. The van der Waals surface area contributed by atoms with E-state index in [1.54, 1.807) is 18.2 Å². The molecule has 0 saturated heterocycles. The summed E-state index contributed by atoms with van der Waals surface area (Å²) in [4.78, 5) is 34.6. The van der Waals surface area contributed by atoms with E-state index in [0.717, 1.165) is 0 Å². The largest absolute Gasteiger partial charge is 0.490 e. The Kier molecular flexibility index (Phi) is 7.18. The molecule has 27 heavy (non-hydrogen) atoms. The third kappa shape index (κ3) is 6.35. The average Bonchev–Trinajstić information content (AvgIpc) is 2.65. The van der Waals surface area contributed by atoms with E-state index in [-0.39, 0.29) is 18.8 Å². The zero-order valence-electron chi connectivity index (χ0n) is 14.7. The summed E-state index contributed by atoms with van der Waals surface area (Å²) >= 11 is 0. The lowest BCUT2D eigenvalue weighted by atomic mass is 10.2. The maximum atomic E-state index is 12.3. The Bertz CT molecular complexity index is 794. The summed E-state index contributed by atoms with van der Waals surface area (Å²) in [5, 5.41) is 1.85. The minimum atomic E-state index is -1.19. The van der Waals surface area contributed by atoms with Gasteiger partial charge in [-0.05, 0) is 31.2 Å². The number of amides is 3. The fraction of sp³-hybridized carbons (Fsp3) is 0.211. The zero-order chi connectivity index (χ0) is 19.6. The van der Waals surface area contributed by atoms with Gasteiger partial charge in [0.25, 0.3) is 5.91 Å². The predicted octanol–water partition coefficient (Wildman–Crippen LogP) is 1.88. The lowest BCUT2D eigenvalue weighted by Crippen LogP contribution is -2.42. The van der Waals surface area contributed by atoms with E-state index in [2.05, 4.69) is 0 Å². The highest BCUT2D eigenvalue weighted by molar-refractivity contribution is 5.98. The van der Waals surface area contributed by atoms with Crippen LogP contribution in [0.15, 0.2) is 54.6 Å². The summed E-state index contributed by atoms with van der Waals surface area (Å²) in [6.07, 6.45) is -1.19. The molecule has 0 aliphatic heterocycles. The molecular weight excluding hydrogens is 352 g/mol. The van der Waals surface area contributed by atoms with Crippen molar-refractivity contribution >= 4 is 17.9 Å². The number of nitrogens with two attached hydrogens (primary N) is 1. The smallest absolute Gasteiger partial charge is 0.342 e. The van der Waals surface area contributed by atoms with E-state index >= 15 is 0 Å². The number of ether oxygens (including phenoxy) is 3. The van der Waals surface area contributed by atoms with Crippen molar-refractivity contribution in [3.05, 3.63) is 60.2 Å². The van der Waals surface area contributed by atoms with Crippen LogP contribution in [0.2, 0.25) is 0 Å². The minimum Gasteiger partial charge on any atom is -0.490 e. The predicted molar refractivity (Wildman–Crippen MR) is 96.5 cm³/mol. The van der Waals surface area contributed by atoms with E-state index in [1.807, 2.05) is 35.6 Å². The maximum absolute atomic E-state index is 12.3. The van der Waals surface area contributed by atoms with Gasteiger partial charge in [0.1, 0.15) is 30.3 Å². The van der Waals surface area contributed by atoms with Gasteiger partial charge in [0.05, 0.1) is 0 Å². The first-order chi connectivity index (χ1) is 13.0. The second kappa shape index (κ2) is 9.81. The molecule has 0 aliphatic carbocycles. The lowest BCUT2D eigenvalue weighted by Gasteiger charge is -2.14. The Hall–Kier alpha value is -3.55. The molecule has 0 fully saturated rings. The standard InChI is InChI=1S/C19H20N2O6/c1-13(17(22)21-19(20)24)27-18(23)15-9-5-6-10-16(15)26-12-11-25-14-7-3-2-4-8-14/h2-10,13H,11-12H2,1H3,(H3,20,21,22,24)/t13-/m1/s1. The van der Waals surface area contributed by atoms with Crippen molar-refractivity contribution in [3.63, 3.8) is 0 Å². The van der Waals surface area contributed by atoms with Crippen LogP contribution in [0.4, 0.5) is 4.79 Å². The summed E-state index contributed by atoms with van der Waals surface area (Å²) in [7, 11) is 0. The quantitative estimate of drug-likeness (QED) is 0.540. The molecule has 0 radical (unpaired) electrons. The molecule has 2 aromatic carbocycles. The summed E-state index contributed by atoms with van der Waals surface area (Å²) in [6, 6.07) is 14.7. The Balaban J connectivity index is 1.91. The van der Waals surface area contributed by atoms with Gasteiger partial charge in [0.2, 0.25) is 0 Å². The van der Waals surface area contributed by atoms with Gasteiger partial charge in [-0.1, -0.05) is 30.3 Å². The lowest BCUT2D eigenvalue weighted by molar-refractivity contribution is -0.127. The van der Waals surface area contributed by atoms with Crippen molar-refractivity contribution in [1.29, 1.82) is 0 Å². The number of para-hydroxylation sites is 2. The van der Waals surface area contributed by atoms with E-state index < -0.39 is 24.0 Å². The molecule has 8 nitrogen and oxygen atoms in total. The second-order valence-corrected chi connectivity index (χ2v) is 5.41. The summed E-state index contributed by atoms with van der Waals surface area (Å²) < 4.78 is 16.2. The number of nitrogens with one attached hydrogen (secondary N) is 1. The van der Waals surface area contributed by atoms with Gasteiger partial charge in [-0.15, -0.1) is 0 Å². The number of hydrogen-bond donors (Lipinski definition) is 2. The fourth-order valence-corrected chi connectivity index (χ4v) is 2.09. The highest BCUT2D eigenvalue weighted by Crippen LogP contribution is 2.20. The molecule has 1 atom stereocenters. The number of hydrogen-bond acceptors (Lipinski definition) is 6. The highest BCUT2D eigenvalue weighted by Gasteiger charge is 2.22. The molecular formula is C19H20N2O6. The molecule has 3 amide bonds. The normalized spacial score (nSPS) is 11.1. The fourth-order valence-electron chi connectivity index (χ4n) is 2.09. The number of carbonyl (C=O) groups is 3. The minimum absolute atomic E-state index is 0.149. The number of urea groups is 1. The summed E-state index contributed by atoms with van der Waals surface area (Å²) in [5.74, 6) is -0.572. The SMILES string of the molecule is C[C@@H](OC(=O)c1ccccc1OCCOc1ccccc1)C(=O)NC(N)=O. The molecule has 0 bridgehead atoms. The molecule has 0 aliphatic rings.